The highest BCUT2D eigenvalue weighted by atomic mass is 16.5. The van der Waals surface area contributed by atoms with Crippen molar-refractivity contribution in [2.45, 2.75) is 18.9 Å². The number of carbonyl (C=O) groups excluding carboxylic acids is 1. The fourth-order valence-corrected chi connectivity index (χ4v) is 4.92. The van der Waals surface area contributed by atoms with Gasteiger partial charge in [-0.25, -0.2) is 4.98 Å². The summed E-state index contributed by atoms with van der Waals surface area (Å²) in [4.78, 5) is 27.9. The van der Waals surface area contributed by atoms with Crippen LogP contribution < -0.4 is 19.1 Å². The van der Waals surface area contributed by atoms with Gasteiger partial charge in [0.05, 0.1) is 38.5 Å². The highest BCUT2D eigenvalue weighted by Crippen LogP contribution is 2.38. The summed E-state index contributed by atoms with van der Waals surface area (Å²) < 4.78 is 21.9. The molecule has 2 heterocycles. The van der Waals surface area contributed by atoms with Gasteiger partial charge in [-0.15, -0.1) is 0 Å². The van der Waals surface area contributed by atoms with Crippen LogP contribution in [0.3, 0.4) is 0 Å². The fourth-order valence-electron chi connectivity index (χ4n) is 4.92. The Morgan fingerprint density at radius 2 is 1.76 bits per heavy atom. The Kier molecular flexibility index (Phi) is 9.30. The molecule has 206 valence electrons. The summed E-state index contributed by atoms with van der Waals surface area (Å²) in [5, 5.41) is 0. The van der Waals surface area contributed by atoms with Crippen molar-refractivity contribution in [3.8, 4) is 17.2 Å². The van der Waals surface area contributed by atoms with E-state index in [4.69, 9.17) is 23.9 Å². The van der Waals surface area contributed by atoms with Gasteiger partial charge in [-0.3, -0.25) is 4.79 Å². The summed E-state index contributed by atoms with van der Waals surface area (Å²) >= 11 is 0. The molecule has 1 saturated heterocycles. The van der Waals surface area contributed by atoms with Crippen molar-refractivity contribution < 1.29 is 23.7 Å². The van der Waals surface area contributed by atoms with Crippen LogP contribution in [0.4, 0.5) is 5.95 Å². The third-order valence-electron chi connectivity index (χ3n) is 7.10. The molecule has 0 spiro atoms. The van der Waals surface area contributed by atoms with Gasteiger partial charge in [0.1, 0.15) is 0 Å². The van der Waals surface area contributed by atoms with Crippen molar-refractivity contribution in [3.05, 3.63) is 42.0 Å². The van der Waals surface area contributed by atoms with E-state index in [0.717, 1.165) is 62.5 Å². The van der Waals surface area contributed by atoms with E-state index in [0.29, 0.717) is 29.4 Å². The molecule has 1 unspecified atom stereocenters. The molecule has 1 aromatic heterocycles. The molecule has 1 fully saturated rings. The van der Waals surface area contributed by atoms with Crippen LogP contribution in [0.15, 0.2) is 36.4 Å². The summed E-state index contributed by atoms with van der Waals surface area (Å²) in [5.41, 5.74) is 2.53. The molecule has 1 N–H and O–H groups in total. The Labute approximate surface area is 224 Å². The maximum Gasteiger partial charge on any atom is 0.253 e. The molecule has 0 radical (unpaired) electrons. The number of aromatic amines is 1. The van der Waals surface area contributed by atoms with Gasteiger partial charge in [0.15, 0.2) is 11.5 Å². The summed E-state index contributed by atoms with van der Waals surface area (Å²) in [6.07, 6.45) is 1.81. The van der Waals surface area contributed by atoms with Crippen molar-refractivity contribution in [1.29, 1.82) is 0 Å². The van der Waals surface area contributed by atoms with E-state index in [1.165, 1.54) is 21.3 Å². The first-order valence-corrected chi connectivity index (χ1v) is 13.0. The van der Waals surface area contributed by atoms with E-state index >= 15 is 0 Å². The number of likely N-dealkylation sites (N-methyl/N-ethyl adjacent to an activating group) is 1. The molecule has 10 heteroatoms. The summed E-state index contributed by atoms with van der Waals surface area (Å²) in [6, 6.07) is 11.5. The molecule has 0 bridgehead atoms. The van der Waals surface area contributed by atoms with Crippen LogP contribution in [-0.4, -0.2) is 107 Å². The molecule has 3 aromatic rings. The largest absolute Gasteiger partial charge is 0.493 e. The number of amides is 1. The number of H-pyrrole nitrogens is 1. The molecular formula is C28H39N5O5. The zero-order valence-corrected chi connectivity index (χ0v) is 23.0. The lowest BCUT2D eigenvalue weighted by atomic mass is 10.1. The van der Waals surface area contributed by atoms with Crippen molar-refractivity contribution in [3.63, 3.8) is 0 Å². The number of hydrogen-bond donors (Lipinski definition) is 1. The van der Waals surface area contributed by atoms with Crippen LogP contribution in [0.5, 0.6) is 17.2 Å². The van der Waals surface area contributed by atoms with Crippen LogP contribution in [-0.2, 0) is 4.74 Å². The van der Waals surface area contributed by atoms with Crippen molar-refractivity contribution in [2.24, 2.45) is 0 Å². The number of fused-ring (bicyclic) bond motifs is 1. The van der Waals surface area contributed by atoms with Gasteiger partial charge in [0, 0.05) is 52.4 Å². The standard InChI is InChI=1S/C28H39N5O5/c1-31(27(34)20-17-24(36-3)26(38-5)25(18-20)37-4)19-21(35-2)11-14-32-12-8-13-33(16-15-32)28-29-22-9-6-7-10-23(22)30-28/h6-7,9-10,17-18,21H,8,11-16,19H2,1-5H3,(H,29,30). The second-order valence-corrected chi connectivity index (χ2v) is 9.51. The number of imidazole rings is 1. The lowest BCUT2D eigenvalue weighted by Gasteiger charge is -2.27. The van der Waals surface area contributed by atoms with Gasteiger partial charge in [-0.05, 0) is 43.7 Å². The summed E-state index contributed by atoms with van der Waals surface area (Å²) in [6.45, 7) is 5.23. The van der Waals surface area contributed by atoms with Gasteiger partial charge in [0.25, 0.3) is 5.91 Å². The fraction of sp³-hybridized carbons (Fsp3) is 0.500. The van der Waals surface area contributed by atoms with Crippen LogP contribution in [0.25, 0.3) is 11.0 Å². The Bertz CT molecular complexity index is 1160. The number of para-hydroxylation sites is 2. The molecular weight excluding hydrogens is 486 g/mol. The number of nitrogens with one attached hydrogen (secondary N) is 1. The van der Waals surface area contributed by atoms with Gasteiger partial charge in [-0.1, -0.05) is 12.1 Å². The highest BCUT2D eigenvalue weighted by molar-refractivity contribution is 5.95. The molecule has 1 aliphatic heterocycles. The minimum Gasteiger partial charge on any atom is -0.493 e. The second kappa shape index (κ2) is 12.8. The quantitative estimate of drug-likeness (QED) is 0.408. The van der Waals surface area contributed by atoms with Crippen LogP contribution >= 0.6 is 0 Å². The van der Waals surface area contributed by atoms with E-state index in [2.05, 4.69) is 20.9 Å². The normalized spacial score (nSPS) is 15.2. The number of carbonyl (C=O) groups is 1. The molecule has 1 atom stereocenters. The van der Waals surface area contributed by atoms with Crippen molar-refractivity contribution in [2.75, 3.05) is 79.7 Å². The van der Waals surface area contributed by atoms with Crippen molar-refractivity contribution in [1.82, 2.24) is 19.8 Å². The molecule has 10 nitrogen and oxygen atoms in total. The molecule has 2 aromatic carbocycles. The Morgan fingerprint density at radius 3 is 2.42 bits per heavy atom. The second-order valence-electron chi connectivity index (χ2n) is 9.51. The predicted octanol–water partition coefficient (Wildman–Crippen LogP) is 3.28. The lowest BCUT2D eigenvalue weighted by Crippen LogP contribution is -2.38. The van der Waals surface area contributed by atoms with E-state index in [9.17, 15) is 4.79 Å². The smallest absolute Gasteiger partial charge is 0.253 e. The Balaban J connectivity index is 1.31. The van der Waals surface area contributed by atoms with Gasteiger partial charge in [0.2, 0.25) is 11.7 Å². The zero-order chi connectivity index (χ0) is 27.1. The molecule has 0 saturated carbocycles. The topological polar surface area (TPSA) is 92.4 Å². The van der Waals surface area contributed by atoms with E-state index in [1.54, 1.807) is 31.2 Å². The molecule has 4 rings (SSSR count). The van der Waals surface area contributed by atoms with Crippen molar-refractivity contribution >= 4 is 22.9 Å². The van der Waals surface area contributed by atoms with Gasteiger partial charge < -0.3 is 38.6 Å². The number of methoxy groups -OCH3 is 4. The monoisotopic (exact) mass is 525 g/mol. The van der Waals surface area contributed by atoms with E-state index in [-0.39, 0.29) is 12.0 Å². The third-order valence-corrected chi connectivity index (χ3v) is 7.10. The Morgan fingerprint density at radius 1 is 1.03 bits per heavy atom. The van der Waals surface area contributed by atoms with E-state index in [1.807, 2.05) is 18.2 Å². The SMILES string of the molecule is COc1cc(C(=O)N(C)CC(CCN2CCCN(c3nc4ccccc4[nH]3)CC2)OC)cc(OC)c1OC. The van der Waals surface area contributed by atoms with Crippen LogP contribution in [0, 0.1) is 0 Å². The first-order valence-electron chi connectivity index (χ1n) is 13.0. The summed E-state index contributed by atoms with van der Waals surface area (Å²) in [5.74, 6) is 2.16. The number of rotatable bonds is 11. The first-order chi connectivity index (χ1) is 18.5. The number of benzene rings is 2. The number of hydrogen-bond acceptors (Lipinski definition) is 8. The van der Waals surface area contributed by atoms with E-state index < -0.39 is 0 Å². The summed E-state index contributed by atoms with van der Waals surface area (Å²) in [7, 11) is 8.10. The average molecular weight is 526 g/mol. The number of anilines is 1. The number of ether oxygens (including phenoxy) is 4. The van der Waals surface area contributed by atoms with Gasteiger partial charge >= 0.3 is 0 Å². The van der Waals surface area contributed by atoms with Crippen LogP contribution in [0.2, 0.25) is 0 Å². The highest BCUT2D eigenvalue weighted by Gasteiger charge is 2.23. The maximum atomic E-state index is 13.2. The molecule has 1 amide bonds. The minimum atomic E-state index is -0.137. The minimum absolute atomic E-state index is 0.0827. The number of aromatic nitrogens is 2. The first kappa shape index (κ1) is 27.5. The third kappa shape index (κ3) is 6.31. The molecule has 1 aliphatic rings. The maximum absolute atomic E-state index is 13.2. The lowest BCUT2D eigenvalue weighted by molar-refractivity contribution is 0.0465. The zero-order valence-electron chi connectivity index (χ0n) is 23.0. The molecule has 0 aliphatic carbocycles. The van der Waals surface area contributed by atoms with Crippen LogP contribution in [0.1, 0.15) is 23.2 Å². The Hall–Kier alpha value is -3.50. The number of nitrogens with zero attached hydrogens (tertiary/aromatic N) is 4. The average Bonchev–Trinajstić information content (AvgIpc) is 3.24. The molecule has 38 heavy (non-hydrogen) atoms. The van der Waals surface area contributed by atoms with Gasteiger partial charge in [-0.2, -0.15) is 0 Å². The predicted molar refractivity (Wildman–Crippen MR) is 148 cm³/mol.